The summed E-state index contributed by atoms with van der Waals surface area (Å²) in [6.45, 7) is 18.4. The third-order valence-electron chi connectivity index (χ3n) is 10.1. The van der Waals surface area contributed by atoms with Crippen molar-refractivity contribution in [1.29, 1.82) is 0 Å². The molecule has 2 nitrogen and oxygen atoms in total. The fourth-order valence-corrected chi connectivity index (χ4v) is 15.9. The van der Waals surface area contributed by atoms with Gasteiger partial charge in [-0.05, 0) is 50.7 Å². The fourth-order valence-electron chi connectivity index (χ4n) is 7.25. The molecule has 53 heavy (non-hydrogen) atoms. The first-order valence-electron chi connectivity index (χ1n) is 19.1. The van der Waals surface area contributed by atoms with Gasteiger partial charge in [-0.1, -0.05) is 172 Å². The number of nitrogens with zero attached hydrogens (tertiary/aromatic N) is 1. The summed E-state index contributed by atoms with van der Waals surface area (Å²) in [7, 11) is -5.63. The van der Waals surface area contributed by atoms with Crippen LogP contribution < -0.4 is 26.3 Å². The molecule has 0 atom stereocenters. The van der Waals surface area contributed by atoms with Gasteiger partial charge in [0.25, 0.3) is 0 Å². The molecule has 1 aliphatic rings. The number of hydrogen-bond donors (Lipinski definition) is 1. The van der Waals surface area contributed by atoms with Gasteiger partial charge in [0.2, 0.25) is 0 Å². The van der Waals surface area contributed by atoms with Crippen LogP contribution in [0.25, 0.3) is 0 Å². The summed E-state index contributed by atoms with van der Waals surface area (Å²) in [5.41, 5.74) is 7.52. The van der Waals surface area contributed by atoms with Crippen molar-refractivity contribution in [3.05, 3.63) is 180 Å². The van der Waals surface area contributed by atoms with Crippen LogP contribution in [0.1, 0.15) is 78.4 Å². The van der Waals surface area contributed by atoms with E-state index in [0.717, 1.165) is 5.71 Å². The first-order chi connectivity index (χ1) is 25.6. The SMILES string of the molecule is CC(C)C1=C[CH+]C=C(C(C)C)C1=NP(=C=P(Nc1c(C(C)C)cccc1C(C)C)(c1ccccc1)c1ccccc1)(c1ccccc1)c1ccccc1. The van der Waals surface area contributed by atoms with Crippen LogP contribution in [-0.2, 0) is 0 Å². The highest BCUT2D eigenvalue weighted by Crippen LogP contribution is 2.55. The number of benzene rings is 5. The van der Waals surface area contributed by atoms with Crippen LogP contribution in [-0.4, -0.2) is 10.9 Å². The summed E-state index contributed by atoms with van der Waals surface area (Å²) in [5.74, 6) is 1.24. The lowest BCUT2D eigenvalue weighted by molar-refractivity contribution is 0.772. The lowest BCUT2D eigenvalue weighted by Gasteiger charge is -2.33. The van der Waals surface area contributed by atoms with Crippen molar-refractivity contribution < 1.29 is 0 Å². The second kappa shape index (κ2) is 16.7. The van der Waals surface area contributed by atoms with E-state index in [9.17, 15) is 0 Å². The summed E-state index contributed by atoms with van der Waals surface area (Å²) in [4.78, 5) is 0. The van der Waals surface area contributed by atoms with E-state index in [4.69, 9.17) is 4.76 Å². The fraction of sp³-hybridized carbons (Fsp3) is 0.245. The highest BCUT2D eigenvalue weighted by atomic mass is 31.2. The van der Waals surface area contributed by atoms with Crippen molar-refractivity contribution in [2.24, 2.45) is 16.6 Å². The van der Waals surface area contributed by atoms with E-state index in [0.29, 0.717) is 23.7 Å². The van der Waals surface area contributed by atoms with Crippen molar-refractivity contribution in [3.8, 4) is 0 Å². The van der Waals surface area contributed by atoms with E-state index < -0.39 is 14.1 Å². The average Bonchev–Trinajstić information content (AvgIpc) is 3.18. The molecule has 270 valence electrons. The minimum atomic E-state index is -2.86. The first-order valence-corrected chi connectivity index (χ1v) is 22.7. The molecule has 0 saturated carbocycles. The maximum Gasteiger partial charge on any atom is 0.179 e. The van der Waals surface area contributed by atoms with Gasteiger partial charge in [-0.2, -0.15) is 0 Å². The smallest absolute Gasteiger partial charge is 0.179 e. The number of allylic oxidation sites excluding steroid dienone is 4. The Labute approximate surface area is 319 Å². The predicted molar refractivity (Wildman–Crippen MR) is 239 cm³/mol. The largest absolute Gasteiger partial charge is 0.352 e. The monoisotopic (exact) mass is 733 g/mol. The van der Waals surface area contributed by atoms with Crippen LogP contribution in [0.5, 0.6) is 0 Å². The number of hydrogen-bond acceptors (Lipinski definition) is 2. The molecule has 0 bridgehead atoms. The minimum absolute atomic E-state index is 0.299. The molecule has 1 N–H and O–H groups in total. The van der Waals surface area contributed by atoms with E-state index in [2.05, 4.69) is 224 Å². The van der Waals surface area contributed by atoms with Gasteiger partial charge in [0.05, 0.1) is 37.4 Å². The second-order valence-electron chi connectivity index (χ2n) is 15.2. The Morgan fingerprint density at radius 1 is 0.472 bits per heavy atom. The van der Waals surface area contributed by atoms with E-state index in [1.807, 2.05) is 0 Å². The molecule has 0 heterocycles. The quantitative estimate of drug-likeness (QED) is 0.106. The molecule has 5 aromatic carbocycles. The topological polar surface area (TPSA) is 24.4 Å². The molecule has 0 amide bonds. The number of anilines is 1. The van der Waals surface area contributed by atoms with Crippen LogP contribution >= 0.6 is 14.1 Å². The number of rotatable bonds is 11. The molecule has 6 rings (SSSR count). The highest BCUT2D eigenvalue weighted by molar-refractivity contribution is 8.00. The van der Waals surface area contributed by atoms with Gasteiger partial charge in [-0.15, -0.1) is 0 Å². The van der Waals surface area contributed by atoms with Crippen LogP contribution in [0.4, 0.5) is 5.69 Å². The van der Waals surface area contributed by atoms with Crippen LogP contribution in [0.15, 0.2) is 168 Å². The van der Waals surface area contributed by atoms with E-state index in [-0.39, 0.29) is 0 Å². The second-order valence-corrected chi connectivity index (χ2v) is 21.1. The Kier molecular flexibility index (Phi) is 12.1. The van der Waals surface area contributed by atoms with Crippen molar-refractivity contribution in [3.63, 3.8) is 0 Å². The Hall–Kier alpha value is -4.44. The number of para-hydroxylation sites is 1. The predicted octanol–water partition coefficient (Wildman–Crippen LogP) is 12.0. The molecule has 0 unspecified atom stereocenters. The third-order valence-corrected chi connectivity index (χ3v) is 17.7. The Morgan fingerprint density at radius 2 is 0.849 bits per heavy atom. The van der Waals surface area contributed by atoms with Crippen molar-refractivity contribution in [2.75, 3.05) is 5.09 Å². The van der Waals surface area contributed by atoms with Crippen molar-refractivity contribution in [2.45, 2.75) is 67.2 Å². The van der Waals surface area contributed by atoms with Gasteiger partial charge >= 0.3 is 0 Å². The van der Waals surface area contributed by atoms with Crippen molar-refractivity contribution >= 4 is 51.9 Å². The summed E-state index contributed by atoms with van der Waals surface area (Å²) in [6.07, 6.45) is 6.77. The number of nitrogens with one attached hydrogen (secondary N) is 1. The highest BCUT2D eigenvalue weighted by Gasteiger charge is 2.35. The molecule has 0 saturated heterocycles. The zero-order chi connectivity index (χ0) is 37.6. The molecule has 0 radical (unpaired) electrons. The van der Waals surface area contributed by atoms with E-state index in [1.54, 1.807) is 0 Å². The van der Waals surface area contributed by atoms with Gasteiger partial charge in [0, 0.05) is 45.2 Å². The van der Waals surface area contributed by atoms with Crippen molar-refractivity contribution in [1.82, 2.24) is 0 Å². The normalized spacial score (nSPS) is 13.5. The maximum atomic E-state index is 6.25. The van der Waals surface area contributed by atoms with E-state index in [1.165, 1.54) is 49.2 Å². The Bertz CT molecular complexity index is 2080. The molecular formula is C49H55N2P2+. The summed E-state index contributed by atoms with van der Waals surface area (Å²) in [5, 5.41) is 13.9. The van der Waals surface area contributed by atoms with Gasteiger partial charge in [-0.25, -0.2) is 4.76 Å². The van der Waals surface area contributed by atoms with Crippen LogP contribution in [0.3, 0.4) is 0 Å². The van der Waals surface area contributed by atoms with Gasteiger partial charge < -0.3 is 5.09 Å². The zero-order valence-electron chi connectivity index (χ0n) is 32.7. The molecular weight excluding hydrogens is 679 g/mol. The summed E-state index contributed by atoms with van der Waals surface area (Å²) >= 11 is 0. The van der Waals surface area contributed by atoms with Gasteiger partial charge in [0.1, 0.15) is 0 Å². The maximum absolute atomic E-state index is 6.25. The summed E-state index contributed by atoms with van der Waals surface area (Å²) in [6, 6.07) is 51.1. The van der Waals surface area contributed by atoms with E-state index >= 15 is 0 Å². The molecule has 1 aliphatic carbocycles. The van der Waals surface area contributed by atoms with Gasteiger partial charge in [0.15, 0.2) is 5.71 Å². The zero-order valence-corrected chi connectivity index (χ0v) is 34.5. The average molecular weight is 734 g/mol. The molecule has 4 heteroatoms. The Morgan fingerprint density at radius 3 is 1.21 bits per heavy atom. The molecule has 5 aromatic rings. The summed E-state index contributed by atoms with van der Waals surface area (Å²) < 4.78 is 6.25. The Balaban J connectivity index is 1.99. The molecule has 0 spiro atoms. The van der Waals surface area contributed by atoms with Gasteiger partial charge in [-0.3, -0.25) is 0 Å². The minimum Gasteiger partial charge on any atom is -0.352 e. The third kappa shape index (κ3) is 7.93. The molecule has 0 aliphatic heterocycles. The first kappa shape index (κ1) is 38.3. The van der Waals surface area contributed by atoms with Crippen LogP contribution in [0, 0.1) is 18.3 Å². The standard InChI is InChI=1S/C49H55N2P2/c1-36(2)44-31-21-32-45(37(3)4)48(44)50-52(40-23-13-9-14-24-40,41-25-15-10-16-26-41)35-53(42-27-17-11-18-28-42,43-29-19-12-20-30-43)51-49-46(38(5)6)33-22-34-47(49)39(7)8/h9-34,36-39,50H,1-8H3/q+1. The van der Waals surface area contributed by atoms with Crippen LogP contribution in [0.2, 0.25) is 0 Å². The lowest BCUT2D eigenvalue weighted by atomic mass is 9.84. The molecule has 0 aromatic heterocycles. The molecule has 0 fully saturated rings. The lowest BCUT2D eigenvalue weighted by Crippen LogP contribution is -2.26.